The van der Waals surface area contributed by atoms with Gasteiger partial charge in [0.05, 0.1) is 11.1 Å². The van der Waals surface area contributed by atoms with E-state index < -0.39 is 5.54 Å². The minimum Gasteiger partial charge on any atom is -0.342 e. The van der Waals surface area contributed by atoms with Crippen molar-refractivity contribution in [1.29, 1.82) is 0 Å². The number of fused-ring (bicyclic) bond motifs is 1. The first-order valence-corrected chi connectivity index (χ1v) is 9.65. The van der Waals surface area contributed by atoms with Crippen molar-refractivity contribution < 1.29 is 9.59 Å². The van der Waals surface area contributed by atoms with Gasteiger partial charge in [-0.3, -0.25) is 14.5 Å². The average Bonchev–Trinajstić information content (AvgIpc) is 2.92. The Hall–Kier alpha value is -2.40. The number of halogens is 1. The fraction of sp³-hybridized carbons (Fsp3) is 0.273. The third-order valence-electron chi connectivity index (χ3n) is 4.46. The van der Waals surface area contributed by atoms with Crippen molar-refractivity contribution in [1.82, 2.24) is 9.47 Å². The Morgan fingerprint density at radius 1 is 1.07 bits per heavy atom. The van der Waals surface area contributed by atoms with Gasteiger partial charge in [-0.05, 0) is 38.5 Å². The van der Waals surface area contributed by atoms with Gasteiger partial charge in [0.2, 0.25) is 5.91 Å². The number of aromatic nitrogens is 1. The van der Waals surface area contributed by atoms with Gasteiger partial charge in [0.25, 0.3) is 5.91 Å². The van der Waals surface area contributed by atoms with Crippen LogP contribution in [0.3, 0.4) is 0 Å². The molecule has 0 aliphatic carbocycles. The lowest BCUT2D eigenvalue weighted by molar-refractivity contribution is -0.129. The molecular formula is C22H23BrN2O2. The highest BCUT2D eigenvalue weighted by Gasteiger charge is 2.32. The molecule has 0 bridgehead atoms. The molecule has 0 saturated heterocycles. The summed E-state index contributed by atoms with van der Waals surface area (Å²) in [6, 6.07) is 15.9. The summed E-state index contributed by atoms with van der Waals surface area (Å²) in [6.45, 7) is 7.68. The fourth-order valence-corrected chi connectivity index (χ4v) is 3.74. The first kappa shape index (κ1) is 19.4. The molecule has 4 nitrogen and oxygen atoms in total. The molecule has 2 aromatic carbocycles. The Bertz CT molecular complexity index is 1000. The lowest BCUT2D eigenvalue weighted by atomic mass is 10.0. The van der Waals surface area contributed by atoms with Crippen LogP contribution in [0, 0.1) is 0 Å². The van der Waals surface area contributed by atoms with Crippen molar-refractivity contribution in [3.05, 3.63) is 70.3 Å². The van der Waals surface area contributed by atoms with Crippen LogP contribution in [0.4, 0.5) is 0 Å². The van der Waals surface area contributed by atoms with Crippen molar-refractivity contribution in [2.24, 2.45) is 0 Å². The van der Waals surface area contributed by atoms with E-state index in [1.54, 1.807) is 0 Å². The number of rotatable bonds is 3. The predicted octanol–water partition coefficient (Wildman–Crippen LogP) is 5.24. The zero-order chi connectivity index (χ0) is 19.8. The first-order valence-electron chi connectivity index (χ1n) is 8.86. The molecule has 0 radical (unpaired) electrons. The summed E-state index contributed by atoms with van der Waals surface area (Å²) in [5.74, 6) is -0.525. The van der Waals surface area contributed by atoms with Crippen molar-refractivity contribution in [2.45, 2.75) is 39.8 Å². The minimum absolute atomic E-state index is 0.256. The van der Waals surface area contributed by atoms with Crippen LogP contribution in [-0.2, 0) is 11.3 Å². The molecule has 0 atom stereocenters. The number of nitrogens with zero attached hydrogens (tertiary/aromatic N) is 2. The summed E-state index contributed by atoms with van der Waals surface area (Å²) in [7, 11) is 0. The normalized spacial score (nSPS) is 11.6. The van der Waals surface area contributed by atoms with Gasteiger partial charge in [-0.15, -0.1) is 0 Å². The zero-order valence-electron chi connectivity index (χ0n) is 16.0. The SMILES string of the molecule is CC(=O)N(C(=O)c1cn(Cc2ccccc2)c2cc(Br)ccc12)C(C)(C)C. The Labute approximate surface area is 167 Å². The van der Waals surface area contributed by atoms with E-state index in [1.165, 1.54) is 11.8 Å². The number of imide groups is 1. The molecule has 2 amide bonds. The van der Waals surface area contributed by atoms with E-state index >= 15 is 0 Å². The second kappa shape index (κ2) is 7.31. The van der Waals surface area contributed by atoms with Crippen LogP contribution in [-0.4, -0.2) is 26.8 Å². The van der Waals surface area contributed by atoms with Crippen LogP contribution >= 0.6 is 15.9 Å². The molecule has 0 aliphatic rings. The molecule has 0 aliphatic heterocycles. The monoisotopic (exact) mass is 426 g/mol. The highest BCUT2D eigenvalue weighted by molar-refractivity contribution is 9.10. The highest BCUT2D eigenvalue weighted by Crippen LogP contribution is 2.28. The second-order valence-electron chi connectivity index (χ2n) is 7.65. The molecule has 27 heavy (non-hydrogen) atoms. The van der Waals surface area contributed by atoms with E-state index in [-0.39, 0.29) is 11.8 Å². The summed E-state index contributed by atoms with van der Waals surface area (Å²) < 4.78 is 3.00. The quantitative estimate of drug-likeness (QED) is 0.574. The predicted molar refractivity (Wildman–Crippen MR) is 112 cm³/mol. The number of benzene rings is 2. The number of hydrogen-bond acceptors (Lipinski definition) is 2. The molecule has 0 spiro atoms. The van der Waals surface area contributed by atoms with Crippen LogP contribution in [0.2, 0.25) is 0 Å². The van der Waals surface area contributed by atoms with Gasteiger partial charge in [0, 0.05) is 35.1 Å². The molecule has 140 valence electrons. The van der Waals surface area contributed by atoms with E-state index in [2.05, 4.69) is 32.6 Å². The van der Waals surface area contributed by atoms with Crippen LogP contribution in [0.1, 0.15) is 43.6 Å². The Morgan fingerprint density at radius 2 is 1.74 bits per heavy atom. The van der Waals surface area contributed by atoms with Crippen LogP contribution in [0.5, 0.6) is 0 Å². The van der Waals surface area contributed by atoms with Gasteiger partial charge in [-0.1, -0.05) is 52.3 Å². The van der Waals surface area contributed by atoms with Gasteiger partial charge < -0.3 is 4.57 Å². The number of carbonyl (C=O) groups is 2. The molecular weight excluding hydrogens is 404 g/mol. The van der Waals surface area contributed by atoms with Crippen LogP contribution in [0.25, 0.3) is 10.9 Å². The van der Waals surface area contributed by atoms with Gasteiger partial charge >= 0.3 is 0 Å². The number of hydrogen-bond donors (Lipinski definition) is 0. The lowest BCUT2D eigenvalue weighted by Crippen LogP contribution is -2.48. The van der Waals surface area contributed by atoms with Crippen LogP contribution < -0.4 is 0 Å². The van der Waals surface area contributed by atoms with Crippen molar-refractivity contribution in [3.63, 3.8) is 0 Å². The topological polar surface area (TPSA) is 42.3 Å². The minimum atomic E-state index is -0.591. The summed E-state index contributed by atoms with van der Waals surface area (Å²) in [5, 5.41) is 0.842. The molecule has 1 heterocycles. The molecule has 1 aromatic heterocycles. The smallest absolute Gasteiger partial charge is 0.263 e. The summed E-state index contributed by atoms with van der Waals surface area (Å²) >= 11 is 3.52. The third-order valence-corrected chi connectivity index (χ3v) is 4.95. The summed E-state index contributed by atoms with van der Waals surface area (Å²) in [4.78, 5) is 26.8. The number of carbonyl (C=O) groups excluding carboxylic acids is 2. The Morgan fingerprint density at radius 3 is 2.33 bits per heavy atom. The molecule has 5 heteroatoms. The first-order chi connectivity index (χ1) is 12.7. The maximum Gasteiger partial charge on any atom is 0.263 e. The van der Waals surface area contributed by atoms with Gasteiger partial charge in [0.1, 0.15) is 0 Å². The Balaban J connectivity index is 2.13. The Kier molecular flexibility index (Phi) is 5.24. The van der Waals surface area contributed by atoms with E-state index in [0.29, 0.717) is 12.1 Å². The summed E-state index contributed by atoms with van der Waals surface area (Å²) in [5.41, 5.74) is 2.05. The maximum atomic E-state index is 13.3. The number of amides is 2. The third kappa shape index (κ3) is 3.98. The van der Waals surface area contributed by atoms with Gasteiger partial charge in [-0.2, -0.15) is 0 Å². The van der Waals surface area contributed by atoms with Gasteiger partial charge in [0.15, 0.2) is 0 Å². The average molecular weight is 427 g/mol. The van der Waals surface area contributed by atoms with E-state index in [4.69, 9.17) is 0 Å². The molecule has 0 fully saturated rings. The molecule has 0 N–H and O–H groups in total. The second-order valence-corrected chi connectivity index (χ2v) is 8.56. The zero-order valence-corrected chi connectivity index (χ0v) is 17.6. The fourth-order valence-electron chi connectivity index (χ4n) is 3.39. The molecule has 0 unspecified atom stereocenters. The van der Waals surface area contributed by atoms with Crippen LogP contribution in [0.15, 0.2) is 59.2 Å². The standard InChI is InChI=1S/C22H23BrN2O2/c1-15(26)25(22(2,3)4)21(27)19-14-24(13-16-8-6-5-7-9-16)20-12-17(23)10-11-18(19)20/h5-12,14H,13H2,1-4H3. The van der Waals surface area contributed by atoms with E-state index in [1.807, 2.05) is 63.4 Å². The van der Waals surface area contributed by atoms with Crippen molar-refractivity contribution >= 4 is 38.6 Å². The van der Waals surface area contributed by atoms with Crippen molar-refractivity contribution in [3.8, 4) is 0 Å². The highest BCUT2D eigenvalue weighted by atomic mass is 79.9. The largest absolute Gasteiger partial charge is 0.342 e. The van der Waals surface area contributed by atoms with E-state index in [0.717, 1.165) is 20.9 Å². The lowest BCUT2D eigenvalue weighted by Gasteiger charge is -2.32. The van der Waals surface area contributed by atoms with Gasteiger partial charge in [-0.25, -0.2) is 0 Å². The molecule has 3 aromatic rings. The van der Waals surface area contributed by atoms with E-state index in [9.17, 15) is 9.59 Å². The maximum absolute atomic E-state index is 13.3. The van der Waals surface area contributed by atoms with Crippen molar-refractivity contribution in [2.75, 3.05) is 0 Å². The summed E-state index contributed by atoms with van der Waals surface area (Å²) in [6.07, 6.45) is 1.86. The molecule has 0 saturated carbocycles. The molecule has 3 rings (SSSR count).